The molecule has 39 heavy (non-hydrogen) atoms. The van der Waals surface area contributed by atoms with Gasteiger partial charge in [0.2, 0.25) is 0 Å². The average molecular weight is 590 g/mol. The molecule has 210 valence electrons. The van der Waals surface area contributed by atoms with Crippen LogP contribution in [0.4, 0.5) is 11.4 Å². The van der Waals surface area contributed by atoms with Gasteiger partial charge in [-0.15, -0.1) is 0 Å². The molecule has 7 heteroatoms. The fourth-order valence-corrected chi connectivity index (χ4v) is 4.05. The summed E-state index contributed by atoms with van der Waals surface area (Å²) in [6.45, 7) is 11.3. The summed E-state index contributed by atoms with van der Waals surface area (Å²) in [5.74, 6) is 0. The average Bonchev–Trinajstić information content (AvgIpc) is 2.92. The number of nitrogens with two attached hydrogens (primary N) is 2. The fourth-order valence-electron chi connectivity index (χ4n) is 3.20. The van der Waals surface area contributed by atoms with E-state index in [1.807, 2.05) is 82.3 Å². The van der Waals surface area contributed by atoms with Crippen molar-refractivity contribution in [2.24, 2.45) is 0 Å². The van der Waals surface area contributed by atoms with Gasteiger partial charge in [0.25, 0.3) is 0 Å². The zero-order chi connectivity index (χ0) is 29.0. The molecule has 4 nitrogen and oxygen atoms in total. The highest BCUT2D eigenvalue weighted by atomic mass is 35.5. The second-order valence-electron chi connectivity index (χ2n) is 7.92. The number of rotatable bonds is 6. The largest absolute Gasteiger partial charge is 0.399 e. The van der Waals surface area contributed by atoms with Gasteiger partial charge in [-0.1, -0.05) is 89.4 Å². The molecule has 0 saturated heterocycles. The third-order valence-electron chi connectivity index (χ3n) is 5.03. The molecule has 4 N–H and O–H groups in total. The van der Waals surface area contributed by atoms with Crippen LogP contribution in [-0.2, 0) is 9.47 Å². The molecule has 4 aromatic rings. The molecule has 0 amide bonds. The first-order chi connectivity index (χ1) is 18.8. The smallest absolute Gasteiger partial charge is 0.0519 e. The Morgan fingerprint density at radius 3 is 1.33 bits per heavy atom. The normalized spacial score (nSPS) is 9.72. The molecule has 0 aromatic heterocycles. The maximum atomic E-state index is 6.11. The van der Waals surface area contributed by atoms with Crippen molar-refractivity contribution >= 4 is 46.2 Å². The highest BCUT2D eigenvalue weighted by molar-refractivity contribution is 6.39. The number of hydrogen-bond acceptors (Lipinski definition) is 4. The lowest BCUT2D eigenvalue weighted by Crippen LogP contribution is -1.88. The van der Waals surface area contributed by atoms with Gasteiger partial charge in [0.05, 0.1) is 10.0 Å². The number of ether oxygens (including phenoxy) is 2. The number of halogens is 3. The molecule has 0 fully saturated rings. The summed E-state index contributed by atoms with van der Waals surface area (Å²) in [5.41, 5.74) is 16.7. The molecule has 0 heterocycles. The van der Waals surface area contributed by atoms with Crippen LogP contribution in [0.15, 0.2) is 91.0 Å². The van der Waals surface area contributed by atoms with Crippen LogP contribution in [0.5, 0.6) is 0 Å². The van der Waals surface area contributed by atoms with E-state index < -0.39 is 0 Å². The molecule has 0 unspecified atom stereocenters. The van der Waals surface area contributed by atoms with E-state index in [-0.39, 0.29) is 0 Å². The topological polar surface area (TPSA) is 70.5 Å². The standard InChI is InChI=1S/C12H8Cl3N.C12H11N.2C4H10O/c13-8-3-1-7(2-4-8)12-10(14)5-9(16)6-11(12)15;13-12-8-6-11(7-9-12)10-4-2-1-3-5-10;2*1-3-5-4-2/h1-6H,16H2;1-9H,13H2;2*3-4H2,1-2H3. The van der Waals surface area contributed by atoms with Gasteiger partial charge < -0.3 is 20.9 Å². The molecule has 0 bridgehead atoms. The zero-order valence-corrected chi connectivity index (χ0v) is 25.4. The molecule has 0 saturated carbocycles. The summed E-state index contributed by atoms with van der Waals surface area (Å²) in [5, 5.41) is 1.74. The van der Waals surface area contributed by atoms with Gasteiger partial charge in [0, 0.05) is 48.4 Å². The Morgan fingerprint density at radius 2 is 0.923 bits per heavy atom. The van der Waals surface area contributed by atoms with E-state index in [1.165, 1.54) is 11.1 Å². The van der Waals surface area contributed by atoms with Crippen molar-refractivity contribution in [2.75, 3.05) is 37.9 Å². The Morgan fingerprint density at radius 1 is 0.513 bits per heavy atom. The van der Waals surface area contributed by atoms with Gasteiger partial charge in [0.1, 0.15) is 0 Å². The van der Waals surface area contributed by atoms with Crippen LogP contribution in [0, 0.1) is 0 Å². The van der Waals surface area contributed by atoms with Gasteiger partial charge in [-0.05, 0) is 80.8 Å². The van der Waals surface area contributed by atoms with E-state index in [4.69, 9.17) is 55.7 Å². The first kappa shape index (κ1) is 34.3. The molecule has 0 aliphatic heterocycles. The van der Waals surface area contributed by atoms with Crippen molar-refractivity contribution in [1.82, 2.24) is 0 Å². The Labute approximate surface area is 248 Å². The van der Waals surface area contributed by atoms with Crippen LogP contribution in [-0.4, -0.2) is 26.4 Å². The predicted octanol–water partition coefficient (Wildman–Crippen LogP) is 9.92. The number of hydrogen-bond donors (Lipinski definition) is 2. The molecule has 0 aliphatic rings. The van der Waals surface area contributed by atoms with E-state index in [9.17, 15) is 0 Å². The fraction of sp³-hybridized carbons (Fsp3) is 0.250. The first-order valence-corrected chi connectivity index (χ1v) is 14.0. The lowest BCUT2D eigenvalue weighted by Gasteiger charge is -2.08. The summed E-state index contributed by atoms with van der Waals surface area (Å²) in [7, 11) is 0. The second kappa shape index (κ2) is 20.2. The van der Waals surface area contributed by atoms with Gasteiger partial charge in [-0.3, -0.25) is 0 Å². The van der Waals surface area contributed by atoms with Crippen molar-refractivity contribution in [2.45, 2.75) is 27.7 Å². The number of nitrogen functional groups attached to an aromatic ring is 2. The monoisotopic (exact) mass is 588 g/mol. The molecule has 0 spiro atoms. The quantitative estimate of drug-likeness (QED) is 0.220. The van der Waals surface area contributed by atoms with Crippen LogP contribution >= 0.6 is 34.8 Å². The van der Waals surface area contributed by atoms with E-state index in [0.29, 0.717) is 20.8 Å². The van der Waals surface area contributed by atoms with Crippen molar-refractivity contribution < 1.29 is 9.47 Å². The van der Waals surface area contributed by atoms with E-state index in [2.05, 4.69) is 12.1 Å². The third-order valence-corrected chi connectivity index (χ3v) is 5.88. The minimum Gasteiger partial charge on any atom is -0.399 e. The molecule has 0 radical (unpaired) electrons. The molecular formula is C32H39Cl3N2O2. The number of benzene rings is 4. The molecule has 4 aromatic carbocycles. The minimum atomic E-state index is 0.535. The van der Waals surface area contributed by atoms with Crippen LogP contribution in [0.3, 0.4) is 0 Å². The first-order valence-electron chi connectivity index (χ1n) is 12.8. The highest BCUT2D eigenvalue weighted by Crippen LogP contribution is 2.36. The Kier molecular flexibility index (Phi) is 17.8. The van der Waals surface area contributed by atoms with Crippen LogP contribution < -0.4 is 11.5 Å². The third kappa shape index (κ3) is 13.8. The summed E-state index contributed by atoms with van der Waals surface area (Å²) >= 11 is 18.0. The lowest BCUT2D eigenvalue weighted by molar-refractivity contribution is 0.162. The SMILES string of the molecule is CCOCC.CCOCC.Nc1cc(Cl)c(-c2ccc(Cl)cc2)c(Cl)c1.Nc1ccc(-c2ccccc2)cc1. The summed E-state index contributed by atoms with van der Waals surface area (Å²) < 4.78 is 9.67. The second-order valence-corrected chi connectivity index (χ2v) is 9.17. The maximum Gasteiger partial charge on any atom is 0.0519 e. The van der Waals surface area contributed by atoms with E-state index >= 15 is 0 Å². The van der Waals surface area contributed by atoms with Crippen molar-refractivity contribution in [3.8, 4) is 22.3 Å². The Balaban J connectivity index is 0.000000295. The molecular weight excluding hydrogens is 551 g/mol. The zero-order valence-electron chi connectivity index (χ0n) is 23.1. The van der Waals surface area contributed by atoms with Crippen LogP contribution in [0.25, 0.3) is 22.3 Å². The summed E-state index contributed by atoms with van der Waals surface area (Å²) in [6, 6.07) is 28.8. The van der Waals surface area contributed by atoms with Crippen molar-refractivity contribution in [1.29, 1.82) is 0 Å². The van der Waals surface area contributed by atoms with Crippen LogP contribution in [0.2, 0.25) is 15.1 Å². The van der Waals surface area contributed by atoms with E-state index in [1.54, 1.807) is 24.3 Å². The summed E-state index contributed by atoms with van der Waals surface area (Å²) in [4.78, 5) is 0. The Hall–Kier alpha value is -2.73. The van der Waals surface area contributed by atoms with E-state index in [0.717, 1.165) is 43.2 Å². The summed E-state index contributed by atoms with van der Waals surface area (Å²) in [6.07, 6.45) is 0. The number of anilines is 2. The highest BCUT2D eigenvalue weighted by Gasteiger charge is 2.09. The van der Waals surface area contributed by atoms with Gasteiger partial charge in [0.15, 0.2) is 0 Å². The molecule has 4 rings (SSSR count). The Bertz CT molecular complexity index is 1150. The lowest BCUT2D eigenvalue weighted by atomic mass is 10.1. The molecule has 0 atom stereocenters. The molecule has 0 aliphatic carbocycles. The van der Waals surface area contributed by atoms with Gasteiger partial charge >= 0.3 is 0 Å². The van der Waals surface area contributed by atoms with Crippen molar-refractivity contribution in [3.63, 3.8) is 0 Å². The minimum absolute atomic E-state index is 0.535. The maximum absolute atomic E-state index is 6.11. The van der Waals surface area contributed by atoms with Gasteiger partial charge in [-0.25, -0.2) is 0 Å². The van der Waals surface area contributed by atoms with Gasteiger partial charge in [-0.2, -0.15) is 0 Å². The predicted molar refractivity (Wildman–Crippen MR) is 172 cm³/mol. The van der Waals surface area contributed by atoms with Crippen molar-refractivity contribution in [3.05, 3.63) is 106 Å². The van der Waals surface area contributed by atoms with Crippen LogP contribution in [0.1, 0.15) is 27.7 Å².